The topological polar surface area (TPSA) is 44.2 Å². The van der Waals surface area contributed by atoms with E-state index in [4.69, 9.17) is 32.7 Å². The Bertz CT molecular complexity index is 330. The van der Waals surface area contributed by atoms with Crippen molar-refractivity contribution in [1.29, 1.82) is 0 Å². The van der Waals surface area contributed by atoms with Crippen LogP contribution in [0, 0.1) is 6.92 Å². The quantitative estimate of drug-likeness (QED) is 0.699. The van der Waals surface area contributed by atoms with Gasteiger partial charge >= 0.3 is 0 Å². The third kappa shape index (κ3) is 1.83. The zero-order chi connectivity index (χ0) is 10.1. The number of aryl methyl sites for hydroxylation is 1. The lowest BCUT2D eigenvalue weighted by atomic mass is 10.3. The van der Waals surface area contributed by atoms with Crippen molar-refractivity contribution in [3.05, 3.63) is 21.7 Å². The molecule has 1 aliphatic rings. The van der Waals surface area contributed by atoms with Crippen LogP contribution in [0.4, 0.5) is 0 Å². The molecule has 76 valence electrons. The highest BCUT2D eigenvalue weighted by atomic mass is 35.5. The third-order valence-corrected chi connectivity index (χ3v) is 2.40. The predicted octanol–water partition coefficient (Wildman–Crippen LogP) is 2.14. The minimum Gasteiger partial charge on any atom is -0.346 e. The van der Waals surface area contributed by atoms with Gasteiger partial charge in [0.25, 0.3) is 0 Å². The molecule has 4 nitrogen and oxygen atoms in total. The van der Waals surface area contributed by atoms with Gasteiger partial charge in [-0.25, -0.2) is 9.97 Å². The number of nitrogens with zero attached hydrogens (tertiary/aromatic N) is 2. The van der Waals surface area contributed by atoms with E-state index in [2.05, 4.69) is 9.97 Å². The first-order chi connectivity index (χ1) is 6.68. The second-order valence-electron chi connectivity index (χ2n) is 2.84. The van der Waals surface area contributed by atoms with Gasteiger partial charge < -0.3 is 9.47 Å². The Morgan fingerprint density at radius 1 is 1.14 bits per heavy atom. The first kappa shape index (κ1) is 10.1. The molecule has 0 spiro atoms. The second kappa shape index (κ2) is 3.98. The second-order valence-corrected chi connectivity index (χ2v) is 3.56. The minimum atomic E-state index is -0.532. The van der Waals surface area contributed by atoms with Crippen molar-refractivity contribution < 1.29 is 9.47 Å². The molecule has 1 fully saturated rings. The van der Waals surface area contributed by atoms with Crippen LogP contribution in [0.1, 0.15) is 17.7 Å². The molecule has 0 aromatic carbocycles. The Hall–Kier alpha value is -0.420. The van der Waals surface area contributed by atoms with Gasteiger partial charge in [-0.2, -0.15) is 0 Å². The van der Waals surface area contributed by atoms with Crippen molar-refractivity contribution >= 4 is 23.2 Å². The highest BCUT2D eigenvalue weighted by Crippen LogP contribution is 2.32. The van der Waals surface area contributed by atoms with Gasteiger partial charge in [0.1, 0.15) is 16.1 Å². The molecule has 0 amide bonds. The molecule has 0 unspecified atom stereocenters. The van der Waals surface area contributed by atoms with Crippen LogP contribution in [-0.2, 0) is 9.47 Å². The van der Waals surface area contributed by atoms with E-state index in [1.54, 1.807) is 6.92 Å². The summed E-state index contributed by atoms with van der Waals surface area (Å²) >= 11 is 11.8. The first-order valence-electron chi connectivity index (χ1n) is 4.11. The Kier molecular flexibility index (Phi) is 2.88. The van der Waals surface area contributed by atoms with Gasteiger partial charge in [-0.15, -0.1) is 0 Å². The number of hydrogen-bond donors (Lipinski definition) is 0. The molecule has 1 aliphatic heterocycles. The summed E-state index contributed by atoms with van der Waals surface area (Å²) in [6.07, 6.45) is -0.532. The van der Waals surface area contributed by atoms with Crippen LogP contribution in [-0.4, -0.2) is 23.2 Å². The Labute approximate surface area is 91.2 Å². The summed E-state index contributed by atoms with van der Waals surface area (Å²) in [5, 5.41) is 0.573. The normalized spacial score (nSPS) is 17.6. The maximum absolute atomic E-state index is 5.92. The fraction of sp³-hybridized carbons (Fsp3) is 0.500. The van der Waals surface area contributed by atoms with Crippen LogP contribution in [0.2, 0.25) is 10.3 Å². The van der Waals surface area contributed by atoms with Crippen LogP contribution in [0.5, 0.6) is 0 Å². The van der Waals surface area contributed by atoms with Crippen molar-refractivity contribution in [3.8, 4) is 0 Å². The maximum atomic E-state index is 5.92. The molecule has 0 N–H and O–H groups in total. The molecule has 0 aliphatic carbocycles. The fourth-order valence-corrected chi connectivity index (χ4v) is 1.88. The summed E-state index contributed by atoms with van der Waals surface area (Å²) in [4.78, 5) is 7.98. The van der Waals surface area contributed by atoms with Gasteiger partial charge in [0.2, 0.25) is 0 Å². The van der Waals surface area contributed by atoms with Crippen LogP contribution in [0.3, 0.4) is 0 Å². The van der Waals surface area contributed by atoms with E-state index in [1.165, 1.54) is 0 Å². The predicted molar refractivity (Wildman–Crippen MR) is 51.4 cm³/mol. The number of halogens is 2. The molecule has 0 saturated carbocycles. The molecule has 1 saturated heterocycles. The summed E-state index contributed by atoms with van der Waals surface area (Å²) in [6.45, 7) is 2.79. The molecule has 1 aromatic rings. The van der Waals surface area contributed by atoms with E-state index in [1.807, 2.05) is 0 Å². The minimum absolute atomic E-state index is 0.286. The highest BCUT2D eigenvalue weighted by Gasteiger charge is 2.25. The van der Waals surface area contributed by atoms with Gasteiger partial charge in [-0.3, -0.25) is 0 Å². The van der Waals surface area contributed by atoms with Gasteiger partial charge in [0.15, 0.2) is 6.29 Å². The molecule has 14 heavy (non-hydrogen) atoms. The zero-order valence-corrected chi connectivity index (χ0v) is 8.97. The molecule has 0 bridgehead atoms. The summed E-state index contributed by atoms with van der Waals surface area (Å²) in [5.74, 6) is 0.529. The van der Waals surface area contributed by atoms with E-state index in [0.29, 0.717) is 24.6 Å². The van der Waals surface area contributed by atoms with Gasteiger partial charge in [0.05, 0.1) is 18.8 Å². The number of rotatable bonds is 1. The van der Waals surface area contributed by atoms with Crippen molar-refractivity contribution in [2.45, 2.75) is 13.2 Å². The third-order valence-electron chi connectivity index (χ3n) is 1.82. The maximum Gasteiger partial charge on any atom is 0.189 e. The largest absolute Gasteiger partial charge is 0.346 e. The van der Waals surface area contributed by atoms with Gasteiger partial charge in [-0.05, 0) is 6.92 Å². The monoisotopic (exact) mass is 234 g/mol. The number of hydrogen-bond acceptors (Lipinski definition) is 4. The van der Waals surface area contributed by atoms with Crippen molar-refractivity contribution in [2.75, 3.05) is 13.2 Å². The van der Waals surface area contributed by atoms with E-state index >= 15 is 0 Å². The Morgan fingerprint density at radius 3 is 2.14 bits per heavy atom. The van der Waals surface area contributed by atoms with E-state index < -0.39 is 6.29 Å². The van der Waals surface area contributed by atoms with Crippen LogP contribution < -0.4 is 0 Å². The van der Waals surface area contributed by atoms with Crippen molar-refractivity contribution in [3.63, 3.8) is 0 Å². The SMILES string of the molecule is Cc1nc(Cl)c(C2OCCO2)c(Cl)n1. The lowest BCUT2D eigenvalue weighted by Gasteiger charge is -2.11. The van der Waals surface area contributed by atoms with Crippen molar-refractivity contribution in [2.24, 2.45) is 0 Å². The molecule has 2 heterocycles. The average molecular weight is 235 g/mol. The summed E-state index contributed by atoms with van der Waals surface area (Å²) in [5.41, 5.74) is 0.511. The lowest BCUT2D eigenvalue weighted by molar-refractivity contribution is -0.0444. The Balaban J connectivity index is 2.40. The summed E-state index contributed by atoms with van der Waals surface area (Å²) < 4.78 is 10.5. The summed E-state index contributed by atoms with van der Waals surface area (Å²) in [6, 6.07) is 0. The van der Waals surface area contributed by atoms with Crippen LogP contribution in [0.15, 0.2) is 0 Å². The van der Waals surface area contributed by atoms with Crippen LogP contribution >= 0.6 is 23.2 Å². The number of aromatic nitrogens is 2. The molecule has 0 atom stereocenters. The molecule has 0 radical (unpaired) electrons. The molecular formula is C8H8Cl2N2O2. The van der Waals surface area contributed by atoms with Crippen molar-refractivity contribution in [1.82, 2.24) is 9.97 Å². The Morgan fingerprint density at radius 2 is 1.64 bits per heavy atom. The average Bonchev–Trinajstić information content (AvgIpc) is 2.54. The molecule has 6 heteroatoms. The van der Waals surface area contributed by atoms with E-state index in [9.17, 15) is 0 Å². The number of ether oxygens (including phenoxy) is 2. The molecule has 2 rings (SSSR count). The van der Waals surface area contributed by atoms with E-state index in [0.717, 1.165) is 0 Å². The lowest BCUT2D eigenvalue weighted by Crippen LogP contribution is -2.04. The van der Waals surface area contributed by atoms with Crippen LogP contribution in [0.25, 0.3) is 0 Å². The molecule has 1 aromatic heterocycles. The first-order valence-corrected chi connectivity index (χ1v) is 4.87. The summed E-state index contributed by atoms with van der Waals surface area (Å²) in [7, 11) is 0. The highest BCUT2D eigenvalue weighted by molar-refractivity contribution is 6.34. The van der Waals surface area contributed by atoms with Gasteiger partial charge in [0, 0.05) is 0 Å². The fourth-order valence-electron chi connectivity index (χ4n) is 1.23. The zero-order valence-electron chi connectivity index (χ0n) is 7.46. The molecular weight excluding hydrogens is 227 g/mol. The smallest absolute Gasteiger partial charge is 0.189 e. The standard InChI is InChI=1S/C8H8Cl2N2O2/c1-4-11-6(9)5(7(10)12-4)8-13-2-3-14-8/h8H,2-3H2,1H3. The van der Waals surface area contributed by atoms with Gasteiger partial charge in [-0.1, -0.05) is 23.2 Å². The van der Waals surface area contributed by atoms with E-state index in [-0.39, 0.29) is 10.3 Å².